The van der Waals surface area contributed by atoms with Crippen LogP contribution in [0.15, 0.2) is 18.3 Å². The maximum Gasteiger partial charge on any atom is 0.228 e. The lowest BCUT2D eigenvalue weighted by Crippen LogP contribution is -2.40. The van der Waals surface area contributed by atoms with E-state index in [1.54, 1.807) is 12.3 Å². The molecule has 1 fully saturated rings. The van der Waals surface area contributed by atoms with Gasteiger partial charge in [0.1, 0.15) is 0 Å². The summed E-state index contributed by atoms with van der Waals surface area (Å²) >= 11 is 0. The molecule has 0 aromatic carbocycles. The molecule has 1 aliphatic rings. The molecule has 1 amide bonds. The molecular weight excluding hydrogens is 274 g/mol. The van der Waals surface area contributed by atoms with Crippen LogP contribution in [0.25, 0.3) is 0 Å². The minimum Gasteiger partial charge on any atom is -0.397 e. The van der Waals surface area contributed by atoms with Crippen LogP contribution in [0.4, 0.5) is 5.69 Å². The molecule has 0 bridgehead atoms. The van der Waals surface area contributed by atoms with Crippen molar-refractivity contribution < 1.29 is 4.79 Å². The third kappa shape index (κ3) is 4.37. The van der Waals surface area contributed by atoms with Gasteiger partial charge in [-0.25, -0.2) is 0 Å². The Balaban J connectivity index is 0.00000200. The monoisotopic (exact) mass is 297 g/mol. The Morgan fingerprint density at radius 1 is 1.40 bits per heavy atom. The van der Waals surface area contributed by atoms with Crippen LogP contribution < -0.4 is 5.73 Å². The zero-order valence-corrected chi connectivity index (χ0v) is 12.9. The summed E-state index contributed by atoms with van der Waals surface area (Å²) in [6.07, 6.45) is 7.78. The molecule has 4 nitrogen and oxygen atoms in total. The van der Waals surface area contributed by atoms with E-state index in [9.17, 15) is 4.79 Å². The van der Waals surface area contributed by atoms with Crippen molar-refractivity contribution in [2.24, 2.45) is 0 Å². The topological polar surface area (TPSA) is 59.2 Å². The van der Waals surface area contributed by atoms with Crippen LogP contribution in [-0.4, -0.2) is 28.4 Å². The lowest BCUT2D eigenvalue weighted by molar-refractivity contribution is -0.132. The Hall–Kier alpha value is -1.29. The van der Waals surface area contributed by atoms with E-state index in [-0.39, 0.29) is 18.3 Å². The number of nitrogens with two attached hydrogens (primary N) is 1. The summed E-state index contributed by atoms with van der Waals surface area (Å²) in [6, 6.07) is 4.05. The zero-order chi connectivity index (χ0) is 13.7. The molecule has 112 valence electrons. The van der Waals surface area contributed by atoms with Gasteiger partial charge in [-0.05, 0) is 31.4 Å². The Bertz CT molecular complexity index is 422. The third-order valence-corrected chi connectivity index (χ3v) is 3.85. The van der Waals surface area contributed by atoms with Crippen LogP contribution in [-0.2, 0) is 11.2 Å². The second-order valence-corrected chi connectivity index (χ2v) is 5.26. The van der Waals surface area contributed by atoms with E-state index in [4.69, 9.17) is 5.73 Å². The van der Waals surface area contributed by atoms with Crippen LogP contribution in [0.5, 0.6) is 0 Å². The van der Waals surface area contributed by atoms with E-state index in [1.165, 1.54) is 12.8 Å². The number of carbonyl (C=O) groups excluding carboxylic acids is 1. The summed E-state index contributed by atoms with van der Waals surface area (Å²) in [5.41, 5.74) is 7.05. The zero-order valence-electron chi connectivity index (χ0n) is 12.0. The Kier molecular flexibility index (Phi) is 6.79. The van der Waals surface area contributed by atoms with Crippen LogP contribution in [0.3, 0.4) is 0 Å². The Morgan fingerprint density at radius 2 is 2.20 bits per heavy atom. The van der Waals surface area contributed by atoms with E-state index in [2.05, 4.69) is 16.8 Å². The summed E-state index contributed by atoms with van der Waals surface area (Å²) in [5.74, 6) is 0.200. The van der Waals surface area contributed by atoms with Crippen molar-refractivity contribution in [3.8, 4) is 0 Å². The summed E-state index contributed by atoms with van der Waals surface area (Å²) in [4.78, 5) is 18.7. The van der Waals surface area contributed by atoms with Gasteiger partial charge in [-0.2, -0.15) is 0 Å². The Morgan fingerprint density at radius 3 is 2.85 bits per heavy atom. The van der Waals surface area contributed by atoms with Gasteiger partial charge in [0.05, 0.1) is 18.3 Å². The number of halogens is 1. The van der Waals surface area contributed by atoms with Crippen molar-refractivity contribution in [2.75, 3.05) is 12.3 Å². The highest BCUT2D eigenvalue weighted by molar-refractivity contribution is 5.85. The number of nitrogen functional groups attached to an aromatic ring is 1. The number of aromatic nitrogens is 1. The molecule has 1 saturated heterocycles. The van der Waals surface area contributed by atoms with Crippen LogP contribution in [0.2, 0.25) is 0 Å². The van der Waals surface area contributed by atoms with Gasteiger partial charge in [-0.1, -0.05) is 19.8 Å². The van der Waals surface area contributed by atoms with Gasteiger partial charge in [0.2, 0.25) is 5.91 Å². The van der Waals surface area contributed by atoms with Gasteiger partial charge in [0, 0.05) is 18.3 Å². The lowest BCUT2D eigenvalue weighted by Gasteiger charge is -2.29. The number of anilines is 1. The molecule has 1 aromatic heterocycles. The van der Waals surface area contributed by atoms with Crippen LogP contribution in [0.1, 0.15) is 44.7 Å². The highest BCUT2D eigenvalue weighted by atomic mass is 35.5. The highest BCUT2D eigenvalue weighted by Gasteiger charge is 2.24. The molecule has 1 unspecified atom stereocenters. The van der Waals surface area contributed by atoms with E-state index in [0.29, 0.717) is 18.2 Å². The van der Waals surface area contributed by atoms with Crippen LogP contribution >= 0.6 is 12.4 Å². The van der Waals surface area contributed by atoms with Gasteiger partial charge in [0.15, 0.2) is 0 Å². The molecule has 2 heterocycles. The molecule has 0 spiro atoms. The van der Waals surface area contributed by atoms with Gasteiger partial charge in [0.25, 0.3) is 0 Å². The van der Waals surface area contributed by atoms with Crippen molar-refractivity contribution in [2.45, 2.75) is 51.5 Å². The maximum absolute atomic E-state index is 12.4. The normalized spacial score (nSPS) is 19.1. The molecular formula is C15H24ClN3O. The molecule has 5 heteroatoms. The number of hydrogen-bond acceptors (Lipinski definition) is 3. The second-order valence-electron chi connectivity index (χ2n) is 5.26. The molecule has 2 N–H and O–H groups in total. The fourth-order valence-corrected chi connectivity index (χ4v) is 2.73. The first-order chi connectivity index (χ1) is 9.20. The predicted molar refractivity (Wildman–Crippen MR) is 83.9 cm³/mol. The molecule has 0 aliphatic carbocycles. The molecule has 20 heavy (non-hydrogen) atoms. The number of nitrogens with zero attached hydrogens (tertiary/aromatic N) is 2. The molecule has 1 aliphatic heterocycles. The Labute approximate surface area is 127 Å². The molecule has 1 atom stereocenters. The summed E-state index contributed by atoms with van der Waals surface area (Å²) in [6.45, 7) is 3.06. The first-order valence-electron chi connectivity index (χ1n) is 7.20. The lowest BCUT2D eigenvalue weighted by atomic mass is 10.1. The molecule has 1 aromatic rings. The predicted octanol–water partition coefficient (Wildman–Crippen LogP) is 2.81. The minimum absolute atomic E-state index is 0. The average molecular weight is 298 g/mol. The number of rotatable bonds is 3. The van der Waals surface area contributed by atoms with E-state index < -0.39 is 0 Å². The van der Waals surface area contributed by atoms with Gasteiger partial charge in [-0.3, -0.25) is 9.78 Å². The van der Waals surface area contributed by atoms with Crippen molar-refractivity contribution in [1.29, 1.82) is 0 Å². The van der Waals surface area contributed by atoms with Crippen LogP contribution in [0, 0.1) is 0 Å². The number of amides is 1. The SMILES string of the molecule is CCC1CCCCCN1C(=O)Cc1ccc(N)cn1.Cl. The first kappa shape index (κ1) is 16.8. The number of hydrogen-bond donors (Lipinski definition) is 1. The molecule has 0 saturated carbocycles. The minimum atomic E-state index is 0. The van der Waals surface area contributed by atoms with Gasteiger partial charge in [-0.15, -0.1) is 12.4 Å². The molecule has 2 rings (SSSR count). The fraction of sp³-hybridized carbons (Fsp3) is 0.600. The number of pyridine rings is 1. The number of likely N-dealkylation sites (tertiary alicyclic amines) is 1. The second kappa shape index (κ2) is 8.10. The summed E-state index contributed by atoms with van der Waals surface area (Å²) in [7, 11) is 0. The molecule has 0 radical (unpaired) electrons. The third-order valence-electron chi connectivity index (χ3n) is 3.85. The maximum atomic E-state index is 12.4. The average Bonchev–Trinajstić information content (AvgIpc) is 2.66. The van der Waals surface area contributed by atoms with Crippen molar-refractivity contribution >= 4 is 24.0 Å². The standard InChI is InChI=1S/C15H23N3O.ClH/c1-2-14-6-4-3-5-9-18(14)15(19)10-13-8-7-12(16)11-17-13;/h7-8,11,14H,2-6,9-10,16H2,1H3;1H. The quantitative estimate of drug-likeness (QED) is 0.933. The van der Waals surface area contributed by atoms with E-state index in [1.807, 2.05) is 6.07 Å². The van der Waals surface area contributed by atoms with E-state index in [0.717, 1.165) is 31.5 Å². The van der Waals surface area contributed by atoms with Gasteiger partial charge < -0.3 is 10.6 Å². The smallest absolute Gasteiger partial charge is 0.228 e. The van der Waals surface area contributed by atoms with Crippen molar-refractivity contribution in [3.63, 3.8) is 0 Å². The largest absolute Gasteiger partial charge is 0.397 e. The fourth-order valence-electron chi connectivity index (χ4n) is 2.73. The first-order valence-corrected chi connectivity index (χ1v) is 7.20. The van der Waals surface area contributed by atoms with Crippen molar-refractivity contribution in [3.05, 3.63) is 24.0 Å². The highest BCUT2D eigenvalue weighted by Crippen LogP contribution is 2.20. The summed E-state index contributed by atoms with van der Waals surface area (Å²) in [5, 5.41) is 0. The number of carbonyl (C=O) groups is 1. The van der Waals surface area contributed by atoms with Crippen molar-refractivity contribution in [1.82, 2.24) is 9.88 Å². The summed E-state index contributed by atoms with van der Waals surface area (Å²) < 4.78 is 0. The van der Waals surface area contributed by atoms with E-state index >= 15 is 0 Å². The van der Waals surface area contributed by atoms with Gasteiger partial charge >= 0.3 is 0 Å².